The molecule has 1 N–H and O–H groups in total. The van der Waals surface area contributed by atoms with Gasteiger partial charge in [0.1, 0.15) is 12.4 Å². The zero-order valence-corrected chi connectivity index (χ0v) is 21.4. The van der Waals surface area contributed by atoms with E-state index in [4.69, 9.17) is 9.84 Å². The van der Waals surface area contributed by atoms with Crippen LogP contribution in [0.15, 0.2) is 67.0 Å². The summed E-state index contributed by atoms with van der Waals surface area (Å²) in [7, 11) is 0. The van der Waals surface area contributed by atoms with Gasteiger partial charge in [0.2, 0.25) is 0 Å². The van der Waals surface area contributed by atoms with E-state index in [1.54, 1.807) is 6.20 Å². The number of rotatable bonds is 11. The Morgan fingerprint density at radius 2 is 1.94 bits per heavy atom. The average molecular weight is 487 g/mol. The summed E-state index contributed by atoms with van der Waals surface area (Å²) in [5, 5.41) is 19.6. The average Bonchev–Trinajstić information content (AvgIpc) is 3.47. The number of fused-ring (bicyclic) bond motifs is 1. The van der Waals surface area contributed by atoms with Crippen LogP contribution in [0.1, 0.15) is 55.5 Å². The summed E-state index contributed by atoms with van der Waals surface area (Å²) in [6.45, 7) is 10.3. The molecule has 0 aliphatic carbocycles. The van der Waals surface area contributed by atoms with Crippen molar-refractivity contribution < 1.29 is 14.6 Å². The summed E-state index contributed by atoms with van der Waals surface area (Å²) in [5.74, 6) is 0.260. The Kier molecular flexibility index (Phi) is 7.88. The first kappa shape index (κ1) is 25.2. The van der Waals surface area contributed by atoms with Crippen LogP contribution in [0.25, 0.3) is 10.9 Å². The van der Waals surface area contributed by atoms with Crippen LogP contribution in [0.3, 0.4) is 0 Å². The van der Waals surface area contributed by atoms with Gasteiger partial charge in [0.15, 0.2) is 0 Å². The molecular weight excluding hydrogens is 452 g/mol. The largest absolute Gasteiger partial charge is 0.489 e. The highest BCUT2D eigenvalue weighted by Crippen LogP contribution is 2.28. The lowest BCUT2D eigenvalue weighted by Crippen LogP contribution is -2.08. The van der Waals surface area contributed by atoms with Crippen LogP contribution in [0.4, 0.5) is 0 Å². The topological polar surface area (TPSA) is 82.2 Å². The zero-order valence-electron chi connectivity index (χ0n) is 21.4. The SMILES string of the molecule is CC=C[C@H](CC(=O)O)c1ccc(OCc2ccc3c(Cn4cccn4)nn(CC(C)C)c3c2C)cc1. The number of hydrogen-bond acceptors (Lipinski definition) is 4. The smallest absolute Gasteiger partial charge is 0.304 e. The summed E-state index contributed by atoms with van der Waals surface area (Å²) in [4.78, 5) is 11.2. The number of carbonyl (C=O) groups is 1. The van der Waals surface area contributed by atoms with Crippen molar-refractivity contribution in [3.05, 3.63) is 89.4 Å². The molecule has 0 saturated heterocycles. The lowest BCUT2D eigenvalue weighted by molar-refractivity contribution is -0.137. The van der Waals surface area contributed by atoms with Crippen LogP contribution in [-0.4, -0.2) is 30.6 Å². The van der Waals surface area contributed by atoms with E-state index < -0.39 is 5.97 Å². The Bertz CT molecular complexity index is 1340. The fourth-order valence-corrected chi connectivity index (χ4v) is 4.55. The third kappa shape index (κ3) is 5.85. The summed E-state index contributed by atoms with van der Waals surface area (Å²) in [6, 6.07) is 13.9. The van der Waals surface area contributed by atoms with Crippen molar-refractivity contribution in [3.63, 3.8) is 0 Å². The number of carboxylic acid groups (broad SMARTS) is 1. The molecule has 7 heteroatoms. The van der Waals surface area contributed by atoms with Gasteiger partial charge in [-0.05, 0) is 54.7 Å². The number of aromatic nitrogens is 4. The summed E-state index contributed by atoms with van der Waals surface area (Å²) in [5.41, 5.74) is 5.39. The van der Waals surface area contributed by atoms with Crippen molar-refractivity contribution in [3.8, 4) is 5.75 Å². The monoisotopic (exact) mass is 486 g/mol. The highest BCUT2D eigenvalue weighted by atomic mass is 16.5. The van der Waals surface area contributed by atoms with Crippen molar-refractivity contribution in [1.82, 2.24) is 19.6 Å². The summed E-state index contributed by atoms with van der Waals surface area (Å²) < 4.78 is 10.2. The van der Waals surface area contributed by atoms with E-state index in [1.807, 2.05) is 60.3 Å². The van der Waals surface area contributed by atoms with Crippen LogP contribution >= 0.6 is 0 Å². The van der Waals surface area contributed by atoms with Crippen molar-refractivity contribution >= 4 is 16.9 Å². The second-order valence-corrected chi connectivity index (χ2v) is 9.56. The minimum absolute atomic E-state index is 0.0657. The molecule has 0 aliphatic heterocycles. The molecule has 0 bridgehead atoms. The number of hydrogen-bond donors (Lipinski definition) is 1. The van der Waals surface area contributed by atoms with Gasteiger partial charge in [-0.3, -0.25) is 14.2 Å². The molecule has 188 valence electrons. The maximum Gasteiger partial charge on any atom is 0.304 e. The molecule has 2 aromatic heterocycles. The van der Waals surface area contributed by atoms with E-state index in [1.165, 1.54) is 5.56 Å². The van der Waals surface area contributed by atoms with Crippen molar-refractivity contribution in [2.24, 2.45) is 5.92 Å². The molecule has 4 rings (SSSR count). The maximum atomic E-state index is 11.2. The minimum atomic E-state index is -0.811. The van der Waals surface area contributed by atoms with Crippen LogP contribution in [0.2, 0.25) is 0 Å². The fraction of sp³-hybridized carbons (Fsp3) is 0.345. The predicted octanol–water partition coefficient (Wildman–Crippen LogP) is 5.96. The molecule has 4 aromatic rings. The molecule has 36 heavy (non-hydrogen) atoms. The highest BCUT2D eigenvalue weighted by molar-refractivity contribution is 5.86. The number of allylic oxidation sites excluding steroid dienone is 2. The summed E-state index contributed by atoms with van der Waals surface area (Å²) >= 11 is 0. The molecule has 2 aromatic carbocycles. The molecule has 1 atom stereocenters. The molecule has 0 radical (unpaired) electrons. The Labute approximate surface area is 212 Å². The Morgan fingerprint density at radius 1 is 1.17 bits per heavy atom. The van der Waals surface area contributed by atoms with E-state index in [0.29, 0.717) is 19.1 Å². The van der Waals surface area contributed by atoms with Crippen LogP contribution in [0.5, 0.6) is 5.75 Å². The minimum Gasteiger partial charge on any atom is -0.489 e. The first-order chi connectivity index (χ1) is 17.4. The second-order valence-electron chi connectivity index (χ2n) is 9.56. The number of benzene rings is 2. The standard InChI is InChI=1S/C29H34N4O3/c1-5-7-23(16-28(34)35)22-8-11-25(12-9-22)36-19-24-10-13-26-27(18-32-15-6-14-30-32)31-33(17-20(2)3)29(26)21(24)4/h5-15,20,23H,16-19H2,1-4H3,(H,34,35)/t23-/m1/s1. The van der Waals surface area contributed by atoms with Gasteiger partial charge in [0, 0.05) is 30.2 Å². The quantitative estimate of drug-likeness (QED) is 0.265. The molecule has 2 heterocycles. The highest BCUT2D eigenvalue weighted by Gasteiger charge is 2.17. The fourth-order valence-electron chi connectivity index (χ4n) is 4.55. The predicted molar refractivity (Wildman–Crippen MR) is 141 cm³/mol. The zero-order chi connectivity index (χ0) is 25.7. The normalized spacial score (nSPS) is 12.6. The van der Waals surface area contributed by atoms with Crippen LogP contribution in [0, 0.1) is 12.8 Å². The van der Waals surface area contributed by atoms with Gasteiger partial charge in [-0.25, -0.2) is 0 Å². The van der Waals surface area contributed by atoms with Gasteiger partial charge in [0.05, 0.1) is 24.2 Å². The molecule has 7 nitrogen and oxygen atoms in total. The van der Waals surface area contributed by atoms with Crippen molar-refractivity contribution in [2.75, 3.05) is 0 Å². The van der Waals surface area contributed by atoms with Gasteiger partial charge in [-0.15, -0.1) is 0 Å². The first-order valence-corrected chi connectivity index (χ1v) is 12.4. The molecule has 0 aliphatic rings. The van der Waals surface area contributed by atoms with E-state index in [0.717, 1.165) is 40.0 Å². The Balaban J connectivity index is 1.56. The van der Waals surface area contributed by atoms with E-state index in [9.17, 15) is 9.90 Å². The number of ether oxygens (including phenoxy) is 1. The second kappa shape index (κ2) is 11.2. The first-order valence-electron chi connectivity index (χ1n) is 12.4. The summed E-state index contributed by atoms with van der Waals surface area (Å²) in [6.07, 6.45) is 7.62. The van der Waals surface area contributed by atoms with Crippen molar-refractivity contribution in [2.45, 2.75) is 59.7 Å². The lowest BCUT2D eigenvalue weighted by Gasteiger charge is -2.14. The molecule has 0 unspecified atom stereocenters. The Hall–Kier alpha value is -3.87. The maximum absolute atomic E-state index is 11.2. The third-order valence-electron chi connectivity index (χ3n) is 6.28. The van der Waals surface area contributed by atoms with Gasteiger partial charge in [0.25, 0.3) is 0 Å². The van der Waals surface area contributed by atoms with Gasteiger partial charge in [-0.1, -0.05) is 50.3 Å². The lowest BCUT2D eigenvalue weighted by atomic mass is 9.95. The van der Waals surface area contributed by atoms with Crippen LogP contribution in [-0.2, 0) is 24.5 Å². The molecule has 0 saturated carbocycles. The van der Waals surface area contributed by atoms with Crippen LogP contribution < -0.4 is 4.74 Å². The van der Waals surface area contributed by atoms with E-state index in [2.05, 4.69) is 42.7 Å². The number of carboxylic acids is 1. The molecule has 0 spiro atoms. The van der Waals surface area contributed by atoms with E-state index >= 15 is 0 Å². The van der Waals surface area contributed by atoms with Gasteiger partial charge < -0.3 is 9.84 Å². The number of aryl methyl sites for hydroxylation is 1. The van der Waals surface area contributed by atoms with Gasteiger partial charge >= 0.3 is 5.97 Å². The Morgan fingerprint density at radius 3 is 2.58 bits per heavy atom. The molecule has 0 fully saturated rings. The third-order valence-corrected chi connectivity index (χ3v) is 6.28. The van der Waals surface area contributed by atoms with Crippen molar-refractivity contribution in [1.29, 1.82) is 0 Å². The van der Waals surface area contributed by atoms with Gasteiger partial charge in [-0.2, -0.15) is 10.2 Å². The molecule has 0 amide bonds. The number of nitrogens with zero attached hydrogens (tertiary/aromatic N) is 4. The number of aliphatic carboxylic acids is 1. The molecular formula is C29H34N4O3. The van der Waals surface area contributed by atoms with E-state index in [-0.39, 0.29) is 12.3 Å².